The number of nitrogens with one attached hydrogen (secondary N) is 1. The van der Waals surface area contributed by atoms with Gasteiger partial charge in [-0.15, -0.1) is 6.58 Å². The number of amides is 1. The number of carbonyl (C=O) groups excluding carboxylic acids is 1. The summed E-state index contributed by atoms with van der Waals surface area (Å²) in [5.41, 5.74) is 2.65. The Morgan fingerprint density at radius 2 is 2.05 bits per heavy atom. The summed E-state index contributed by atoms with van der Waals surface area (Å²) in [6.07, 6.45) is 3.54. The van der Waals surface area contributed by atoms with Crippen molar-refractivity contribution in [3.05, 3.63) is 42.0 Å². The Labute approximate surface area is 133 Å². The van der Waals surface area contributed by atoms with E-state index in [1.165, 1.54) is 10.6 Å². The van der Waals surface area contributed by atoms with E-state index in [2.05, 4.69) is 11.9 Å². The minimum Gasteiger partial charge on any atom is -0.353 e. The van der Waals surface area contributed by atoms with Crippen LogP contribution >= 0.6 is 0 Å². The molecule has 0 spiro atoms. The highest BCUT2D eigenvalue weighted by molar-refractivity contribution is 7.92. The average Bonchev–Trinajstić information content (AvgIpc) is 2.43. The number of hydrogen-bond acceptors (Lipinski definition) is 3. The number of carbonyl (C=O) groups is 1. The monoisotopic (exact) mass is 324 g/mol. The molecule has 0 aromatic heterocycles. The van der Waals surface area contributed by atoms with Crippen molar-refractivity contribution in [3.63, 3.8) is 0 Å². The third-order valence-electron chi connectivity index (χ3n) is 3.45. The summed E-state index contributed by atoms with van der Waals surface area (Å²) < 4.78 is 25.5. The second kappa shape index (κ2) is 7.98. The molecule has 0 aliphatic carbocycles. The number of hydrogen-bond donors (Lipinski definition) is 1. The van der Waals surface area contributed by atoms with Crippen LogP contribution in [0.4, 0.5) is 5.69 Å². The van der Waals surface area contributed by atoms with Crippen LogP contribution in [0.15, 0.2) is 30.9 Å². The molecule has 0 saturated carbocycles. The molecule has 22 heavy (non-hydrogen) atoms. The van der Waals surface area contributed by atoms with Crippen molar-refractivity contribution in [2.45, 2.75) is 26.7 Å². The lowest BCUT2D eigenvalue weighted by Crippen LogP contribution is -2.32. The Kier molecular flexibility index (Phi) is 6.61. The van der Waals surface area contributed by atoms with Crippen LogP contribution in [0.1, 0.15) is 24.0 Å². The van der Waals surface area contributed by atoms with Gasteiger partial charge in [0.25, 0.3) is 0 Å². The van der Waals surface area contributed by atoms with Crippen molar-refractivity contribution in [1.82, 2.24) is 5.32 Å². The van der Waals surface area contributed by atoms with Gasteiger partial charge in [-0.05, 0) is 37.5 Å². The van der Waals surface area contributed by atoms with Gasteiger partial charge >= 0.3 is 0 Å². The zero-order valence-corrected chi connectivity index (χ0v) is 14.2. The smallest absolute Gasteiger partial charge is 0.232 e. The van der Waals surface area contributed by atoms with Crippen LogP contribution in [-0.4, -0.2) is 33.7 Å². The fourth-order valence-electron chi connectivity index (χ4n) is 2.13. The molecule has 0 saturated heterocycles. The van der Waals surface area contributed by atoms with Gasteiger partial charge in [0, 0.05) is 19.5 Å². The summed E-state index contributed by atoms with van der Waals surface area (Å²) >= 11 is 0. The Balaban J connectivity index is 2.82. The first-order valence-corrected chi connectivity index (χ1v) is 9.03. The largest absolute Gasteiger partial charge is 0.353 e. The van der Waals surface area contributed by atoms with Crippen LogP contribution in [0.5, 0.6) is 0 Å². The van der Waals surface area contributed by atoms with Gasteiger partial charge in [0.05, 0.1) is 11.9 Å². The zero-order valence-electron chi connectivity index (χ0n) is 13.4. The topological polar surface area (TPSA) is 66.5 Å². The molecule has 1 amide bonds. The first kappa shape index (κ1) is 18.2. The predicted octanol–water partition coefficient (Wildman–Crippen LogP) is 2.15. The van der Waals surface area contributed by atoms with Crippen LogP contribution in [0.25, 0.3) is 0 Å². The molecule has 5 nitrogen and oxygen atoms in total. The van der Waals surface area contributed by atoms with Gasteiger partial charge < -0.3 is 5.32 Å². The van der Waals surface area contributed by atoms with Gasteiger partial charge in [0.1, 0.15) is 0 Å². The van der Waals surface area contributed by atoms with Crippen LogP contribution < -0.4 is 9.62 Å². The highest BCUT2D eigenvalue weighted by atomic mass is 32.2. The van der Waals surface area contributed by atoms with Crippen molar-refractivity contribution >= 4 is 21.6 Å². The van der Waals surface area contributed by atoms with E-state index in [4.69, 9.17) is 0 Å². The standard InChI is InChI=1S/C16H24N2O3S/c1-5-11-17-16(19)10-7-12-18(22(4,20)21)15-9-6-8-13(2)14(15)3/h5-6,8-9H,1,7,10-12H2,2-4H3,(H,17,19). The second-order valence-corrected chi connectivity index (χ2v) is 7.16. The summed E-state index contributed by atoms with van der Waals surface area (Å²) in [4.78, 5) is 11.6. The molecule has 0 atom stereocenters. The van der Waals surface area contributed by atoms with Crippen molar-refractivity contribution in [3.8, 4) is 0 Å². The zero-order chi connectivity index (χ0) is 16.8. The van der Waals surface area contributed by atoms with E-state index in [0.29, 0.717) is 18.7 Å². The number of aryl methyl sites for hydroxylation is 1. The number of nitrogens with zero attached hydrogens (tertiary/aromatic N) is 1. The van der Waals surface area contributed by atoms with E-state index in [0.717, 1.165) is 11.1 Å². The lowest BCUT2D eigenvalue weighted by molar-refractivity contribution is -0.120. The molecule has 1 N–H and O–H groups in total. The van der Waals surface area contributed by atoms with Crippen LogP contribution in [0.3, 0.4) is 0 Å². The maximum Gasteiger partial charge on any atom is 0.232 e. The van der Waals surface area contributed by atoms with Gasteiger partial charge in [0.15, 0.2) is 0 Å². The highest BCUT2D eigenvalue weighted by Gasteiger charge is 2.19. The predicted molar refractivity (Wildman–Crippen MR) is 90.5 cm³/mol. The molecule has 0 radical (unpaired) electrons. The number of rotatable bonds is 8. The first-order valence-electron chi connectivity index (χ1n) is 7.19. The fourth-order valence-corrected chi connectivity index (χ4v) is 3.14. The van der Waals surface area contributed by atoms with Crippen molar-refractivity contribution in [2.24, 2.45) is 0 Å². The summed E-state index contributed by atoms with van der Waals surface area (Å²) in [7, 11) is -3.39. The van der Waals surface area contributed by atoms with E-state index in [-0.39, 0.29) is 18.9 Å². The molecule has 122 valence electrons. The van der Waals surface area contributed by atoms with E-state index >= 15 is 0 Å². The molecule has 0 aliphatic heterocycles. The van der Waals surface area contributed by atoms with E-state index < -0.39 is 10.0 Å². The molecular weight excluding hydrogens is 300 g/mol. The third kappa shape index (κ3) is 5.18. The third-order valence-corrected chi connectivity index (χ3v) is 4.63. The molecular formula is C16H24N2O3S. The van der Waals surface area contributed by atoms with E-state index in [9.17, 15) is 13.2 Å². The molecule has 0 bridgehead atoms. The normalized spacial score (nSPS) is 11.0. The van der Waals surface area contributed by atoms with E-state index in [1.807, 2.05) is 26.0 Å². The molecule has 0 aliphatic rings. The van der Waals surface area contributed by atoms with Crippen molar-refractivity contribution in [1.29, 1.82) is 0 Å². The molecule has 1 aromatic rings. The lowest BCUT2D eigenvalue weighted by atomic mass is 10.1. The Morgan fingerprint density at radius 1 is 1.36 bits per heavy atom. The summed E-state index contributed by atoms with van der Waals surface area (Å²) in [6.45, 7) is 8.08. The molecule has 6 heteroatoms. The second-order valence-electron chi connectivity index (χ2n) is 5.25. The molecule has 1 aromatic carbocycles. The minimum atomic E-state index is -3.39. The number of sulfonamides is 1. The molecule has 0 heterocycles. The van der Waals surface area contributed by atoms with Gasteiger partial charge in [0.2, 0.25) is 15.9 Å². The summed E-state index contributed by atoms with van der Waals surface area (Å²) in [6, 6.07) is 5.58. The highest BCUT2D eigenvalue weighted by Crippen LogP contribution is 2.25. The van der Waals surface area contributed by atoms with Crippen LogP contribution in [0, 0.1) is 13.8 Å². The van der Waals surface area contributed by atoms with Crippen LogP contribution in [0.2, 0.25) is 0 Å². The number of anilines is 1. The van der Waals surface area contributed by atoms with Gasteiger partial charge in [-0.1, -0.05) is 18.2 Å². The molecule has 1 rings (SSSR count). The van der Waals surface area contributed by atoms with Crippen molar-refractivity contribution < 1.29 is 13.2 Å². The molecule has 0 unspecified atom stereocenters. The first-order chi connectivity index (χ1) is 10.3. The number of benzene rings is 1. The fraction of sp³-hybridized carbons (Fsp3) is 0.438. The van der Waals surface area contributed by atoms with Gasteiger partial charge in [-0.25, -0.2) is 8.42 Å². The maximum atomic E-state index is 12.1. The minimum absolute atomic E-state index is 0.102. The van der Waals surface area contributed by atoms with E-state index in [1.54, 1.807) is 12.1 Å². The Morgan fingerprint density at radius 3 is 2.64 bits per heavy atom. The SMILES string of the molecule is C=CCNC(=O)CCCN(c1cccc(C)c1C)S(C)(=O)=O. The average molecular weight is 324 g/mol. The quantitative estimate of drug-likeness (QED) is 0.745. The maximum absolute atomic E-state index is 12.1. The Hall–Kier alpha value is -1.82. The molecule has 0 fully saturated rings. The summed E-state index contributed by atoms with van der Waals surface area (Å²) in [5.74, 6) is -0.102. The van der Waals surface area contributed by atoms with Gasteiger partial charge in [-0.2, -0.15) is 0 Å². The van der Waals surface area contributed by atoms with Crippen LogP contribution in [-0.2, 0) is 14.8 Å². The van der Waals surface area contributed by atoms with Crippen molar-refractivity contribution in [2.75, 3.05) is 23.7 Å². The van der Waals surface area contributed by atoms with Gasteiger partial charge in [-0.3, -0.25) is 9.10 Å². The lowest BCUT2D eigenvalue weighted by Gasteiger charge is -2.24. The summed E-state index contributed by atoms with van der Waals surface area (Å²) in [5, 5.41) is 2.68. The Bertz CT molecular complexity index is 639.